The minimum absolute atomic E-state index is 0.542. The number of likely N-dealkylation sites (N-methyl/N-ethyl adjacent to an activating group) is 1. The maximum absolute atomic E-state index is 5.45. The molecule has 4 N–H and O–H groups in total. The first-order valence-corrected chi connectivity index (χ1v) is 3.87. The molecular weight excluding hydrogens is 152 g/mol. The Labute approximate surface area is 72.2 Å². The molecule has 4 nitrogen and oxygen atoms in total. The van der Waals surface area contributed by atoms with Crippen LogP contribution >= 0.6 is 0 Å². The van der Waals surface area contributed by atoms with Crippen LogP contribution in [0.2, 0.25) is 0 Å². The van der Waals surface area contributed by atoms with Crippen molar-refractivity contribution in [2.24, 2.45) is 5.73 Å². The van der Waals surface area contributed by atoms with Gasteiger partial charge in [0.1, 0.15) is 5.82 Å². The highest BCUT2D eigenvalue weighted by atomic mass is 15.1. The van der Waals surface area contributed by atoms with Gasteiger partial charge in [-0.15, -0.1) is 0 Å². The molecule has 0 radical (unpaired) electrons. The molecule has 4 heteroatoms. The molecule has 1 heterocycles. The van der Waals surface area contributed by atoms with E-state index in [-0.39, 0.29) is 0 Å². The van der Waals surface area contributed by atoms with Gasteiger partial charge in [0.25, 0.3) is 0 Å². The van der Waals surface area contributed by atoms with Crippen molar-refractivity contribution in [2.45, 2.75) is 0 Å². The van der Waals surface area contributed by atoms with Gasteiger partial charge in [-0.1, -0.05) is 0 Å². The highest BCUT2D eigenvalue weighted by Gasteiger charge is 1.98. The fourth-order valence-electron chi connectivity index (χ4n) is 0.946. The van der Waals surface area contributed by atoms with Crippen LogP contribution in [0.5, 0.6) is 0 Å². The van der Waals surface area contributed by atoms with Crippen LogP contribution in [0.25, 0.3) is 0 Å². The minimum atomic E-state index is 0.542. The summed E-state index contributed by atoms with van der Waals surface area (Å²) in [4.78, 5) is 6.01. The molecule has 12 heavy (non-hydrogen) atoms. The second-order valence-electron chi connectivity index (χ2n) is 2.65. The van der Waals surface area contributed by atoms with Gasteiger partial charge in [0.05, 0.1) is 11.9 Å². The van der Waals surface area contributed by atoms with E-state index >= 15 is 0 Å². The third-order valence-electron chi connectivity index (χ3n) is 1.68. The summed E-state index contributed by atoms with van der Waals surface area (Å²) in [6.07, 6.45) is 1.74. The Morgan fingerprint density at radius 3 is 2.75 bits per heavy atom. The molecule has 0 fully saturated rings. The number of aromatic nitrogens is 1. The largest absolute Gasteiger partial charge is 0.384 e. The Morgan fingerprint density at radius 2 is 2.25 bits per heavy atom. The molecule has 0 unspecified atom stereocenters. The Hall–Kier alpha value is -1.29. The van der Waals surface area contributed by atoms with Crippen molar-refractivity contribution in [1.29, 1.82) is 0 Å². The van der Waals surface area contributed by atoms with E-state index in [1.165, 1.54) is 0 Å². The summed E-state index contributed by atoms with van der Waals surface area (Å²) >= 11 is 0. The zero-order valence-corrected chi connectivity index (χ0v) is 7.20. The van der Waals surface area contributed by atoms with E-state index < -0.39 is 0 Å². The first-order valence-electron chi connectivity index (χ1n) is 3.87. The molecule has 0 atom stereocenters. The smallest absolute Gasteiger partial charge is 0.123 e. The normalized spacial score (nSPS) is 9.83. The summed E-state index contributed by atoms with van der Waals surface area (Å²) in [6, 6.07) is 3.71. The van der Waals surface area contributed by atoms with Crippen LogP contribution in [0.3, 0.4) is 0 Å². The summed E-state index contributed by atoms with van der Waals surface area (Å²) in [6.45, 7) is 1.46. The van der Waals surface area contributed by atoms with Crippen LogP contribution < -0.4 is 16.4 Å². The highest BCUT2D eigenvalue weighted by molar-refractivity contribution is 5.47. The number of hydrogen-bond donors (Lipinski definition) is 2. The van der Waals surface area contributed by atoms with Crippen molar-refractivity contribution in [3.63, 3.8) is 0 Å². The molecule has 0 saturated carbocycles. The molecule has 0 saturated heterocycles. The highest BCUT2D eigenvalue weighted by Crippen LogP contribution is 2.10. The van der Waals surface area contributed by atoms with E-state index in [4.69, 9.17) is 11.5 Å². The van der Waals surface area contributed by atoms with Crippen molar-refractivity contribution in [1.82, 2.24) is 4.98 Å². The average Bonchev–Trinajstić information content (AvgIpc) is 2.06. The standard InChI is InChI=1S/C8H14N4/c1-12(5-4-9)7-2-3-8(10)11-6-7/h2-3,6H,4-5,9H2,1H3,(H2,10,11). The quantitative estimate of drug-likeness (QED) is 0.666. The summed E-state index contributed by atoms with van der Waals surface area (Å²) < 4.78 is 0. The molecule has 0 aliphatic heterocycles. The predicted octanol–water partition coefficient (Wildman–Crippen LogP) is 0.0587. The molecule has 1 rings (SSSR count). The van der Waals surface area contributed by atoms with E-state index in [1.54, 1.807) is 12.3 Å². The van der Waals surface area contributed by atoms with Gasteiger partial charge in [-0.2, -0.15) is 0 Å². The van der Waals surface area contributed by atoms with E-state index in [2.05, 4.69) is 4.98 Å². The lowest BCUT2D eigenvalue weighted by Gasteiger charge is -2.17. The van der Waals surface area contributed by atoms with Crippen LogP contribution in [0.15, 0.2) is 18.3 Å². The van der Waals surface area contributed by atoms with Crippen LogP contribution in [-0.2, 0) is 0 Å². The second kappa shape index (κ2) is 3.92. The maximum atomic E-state index is 5.45. The number of hydrogen-bond acceptors (Lipinski definition) is 4. The third kappa shape index (κ3) is 2.10. The Balaban J connectivity index is 2.68. The summed E-state index contributed by atoms with van der Waals surface area (Å²) in [5.41, 5.74) is 11.9. The molecule has 0 bridgehead atoms. The van der Waals surface area contributed by atoms with Gasteiger partial charge in [-0.25, -0.2) is 4.98 Å². The SMILES string of the molecule is CN(CCN)c1ccc(N)nc1. The van der Waals surface area contributed by atoms with Crippen LogP contribution in [0.4, 0.5) is 11.5 Å². The van der Waals surface area contributed by atoms with Gasteiger partial charge < -0.3 is 16.4 Å². The van der Waals surface area contributed by atoms with E-state index in [0.29, 0.717) is 12.4 Å². The Kier molecular flexibility index (Phi) is 2.88. The first kappa shape index (κ1) is 8.80. The molecule has 0 aliphatic carbocycles. The van der Waals surface area contributed by atoms with Crippen molar-refractivity contribution in [3.8, 4) is 0 Å². The lowest BCUT2D eigenvalue weighted by atomic mass is 10.3. The van der Waals surface area contributed by atoms with Crippen molar-refractivity contribution < 1.29 is 0 Å². The number of rotatable bonds is 3. The lowest BCUT2D eigenvalue weighted by Crippen LogP contribution is -2.24. The Morgan fingerprint density at radius 1 is 1.50 bits per heavy atom. The number of anilines is 2. The maximum Gasteiger partial charge on any atom is 0.123 e. The zero-order chi connectivity index (χ0) is 8.97. The summed E-state index contributed by atoms with van der Waals surface area (Å²) in [5.74, 6) is 0.542. The van der Waals surface area contributed by atoms with Crippen molar-refractivity contribution in [3.05, 3.63) is 18.3 Å². The molecule has 0 aliphatic rings. The first-order chi connectivity index (χ1) is 5.74. The molecule has 66 valence electrons. The monoisotopic (exact) mass is 166 g/mol. The van der Waals surface area contributed by atoms with E-state index in [9.17, 15) is 0 Å². The van der Waals surface area contributed by atoms with Gasteiger partial charge in [0, 0.05) is 20.1 Å². The minimum Gasteiger partial charge on any atom is -0.384 e. The predicted molar refractivity (Wildman–Crippen MR) is 51.0 cm³/mol. The molecule has 1 aromatic rings. The van der Waals surface area contributed by atoms with E-state index in [0.717, 1.165) is 12.2 Å². The van der Waals surface area contributed by atoms with Gasteiger partial charge in [-0.3, -0.25) is 0 Å². The lowest BCUT2D eigenvalue weighted by molar-refractivity contribution is 0.883. The second-order valence-corrected chi connectivity index (χ2v) is 2.65. The average molecular weight is 166 g/mol. The Bertz CT molecular complexity index is 231. The summed E-state index contributed by atoms with van der Waals surface area (Å²) in [5, 5.41) is 0. The number of nitrogens with two attached hydrogens (primary N) is 2. The van der Waals surface area contributed by atoms with E-state index in [1.807, 2.05) is 18.0 Å². The van der Waals surface area contributed by atoms with Crippen LogP contribution in [0.1, 0.15) is 0 Å². The molecular formula is C8H14N4. The number of nitrogens with zero attached hydrogens (tertiary/aromatic N) is 2. The topological polar surface area (TPSA) is 68.2 Å². The van der Waals surface area contributed by atoms with Crippen LogP contribution in [0, 0.1) is 0 Å². The summed E-state index contributed by atoms with van der Waals surface area (Å²) in [7, 11) is 1.97. The van der Waals surface area contributed by atoms with Gasteiger partial charge in [-0.05, 0) is 12.1 Å². The molecule has 1 aromatic heterocycles. The van der Waals surface area contributed by atoms with Crippen molar-refractivity contribution >= 4 is 11.5 Å². The van der Waals surface area contributed by atoms with Crippen LogP contribution in [-0.4, -0.2) is 25.1 Å². The number of nitrogen functional groups attached to an aromatic ring is 1. The molecule has 0 aromatic carbocycles. The zero-order valence-electron chi connectivity index (χ0n) is 7.20. The van der Waals surface area contributed by atoms with Gasteiger partial charge in [0.15, 0.2) is 0 Å². The third-order valence-corrected chi connectivity index (χ3v) is 1.68. The molecule has 0 amide bonds. The molecule has 0 spiro atoms. The van der Waals surface area contributed by atoms with Crippen molar-refractivity contribution in [2.75, 3.05) is 30.8 Å². The van der Waals surface area contributed by atoms with Gasteiger partial charge in [0.2, 0.25) is 0 Å². The van der Waals surface area contributed by atoms with Gasteiger partial charge >= 0.3 is 0 Å². The number of pyridine rings is 1. The fraction of sp³-hybridized carbons (Fsp3) is 0.375. The fourth-order valence-corrected chi connectivity index (χ4v) is 0.946.